The number of hydrogen-bond donors (Lipinski definition) is 1. The molecule has 0 radical (unpaired) electrons. The average molecular weight is 404 g/mol. The number of rotatable bonds is 4. The molecule has 0 saturated heterocycles. The van der Waals surface area contributed by atoms with Crippen molar-refractivity contribution in [1.82, 2.24) is 9.13 Å². The van der Waals surface area contributed by atoms with Gasteiger partial charge in [0.05, 0.1) is 11.0 Å². The third-order valence-corrected chi connectivity index (χ3v) is 6.47. The Morgan fingerprint density at radius 2 is 0.935 bits per heavy atom. The minimum absolute atomic E-state index is 0.954. The Labute approximate surface area is 181 Å². The van der Waals surface area contributed by atoms with Gasteiger partial charge in [-0.15, -0.1) is 0 Å². The zero-order chi connectivity index (χ0) is 20.9. The summed E-state index contributed by atoms with van der Waals surface area (Å²) in [5, 5.41) is 8.91. The number of aryl methyl sites for hydroxylation is 2. The predicted octanol–water partition coefficient (Wildman–Crippen LogP) is 7.69. The molecule has 31 heavy (non-hydrogen) atoms. The van der Waals surface area contributed by atoms with Gasteiger partial charge in [0.25, 0.3) is 0 Å². The van der Waals surface area contributed by atoms with Gasteiger partial charge in [0, 0.05) is 57.0 Å². The number of anilines is 2. The van der Waals surface area contributed by atoms with E-state index in [0.717, 1.165) is 24.5 Å². The monoisotopic (exact) mass is 403 g/mol. The van der Waals surface area contributed by atoms with Crippen LogP contribution in [0.25, 0.3) is 43.6 Å². The molecule has 0 unspecified atom stereocenters. The van der Waals surface area contributed by atoms with Crippen LogP contribution < -0.4 is 5.32 Å². The molecule has 0 aliphatic carbocycles. The molecule has 6 aromatic rings. The van der Waals surface area contributed by atoms with Gasteiger partial charge >= 0.3 is 0 Å². The van der Waals surface area contributed by atoms with Crippen LogP contribution in [-0.4, -0.2) is 9.13 Å². The zero-order valence-electron chi connectivity index (χ0n) is 17.9. The molecule has 0 aliphatic rings. The van der Waals surface area contributed by atoms with E-state index in [1.807, 2.05) is 0 Å². The Hall–Kier alpha value is -3.72. The van der Waals surface area contributed by atoms with Gasteiger partial charge < -0.3 is 14.5 Å². The summed E-state index contributed by atoms with van der Waals surface area (Å²) in [5.41, 5.74) is 7.37. The molecule has 6 rings (SSSR count). The van der Waals surface area contributed by atoms with E-state index >= 15 is 0 Å². The molecular weight excluding hydrogens is 378 g/mol. The fraction of sp³-hybridized carbons (Fsp3) is 0.143. The van der Waals surface area contributed by atoms with Gasteiger partial charge in [0.15, 0.2) is 0 Å². The second kappa shape index (κ2) is 6.92. The highest BCUT2D eigenvalue weighted by Crippen LogP contribution is 2.34. The third kappa shape index (κ3) is 2.66. The first-order chi connectivity index (χ1) is 15.3. The summed E-state index contributed by atoms with van der Waals surface area (Å²) in [6.45, 7) is 6.33. The van der Waals surface area contributed by atoms with Crippen LogP contribution >= 0.6 is 0 Å². The molecule has 152 valence electrons. The molecule has 0 amide bonds. The Morgan fingerprint density at radius 1 is 0.516 bits per heavy atom. The molecule has 2 heterocycles. The first-order valence-electron chi connectivity index (χ1n) is 11.1. The third-order valence-electron chi connectivity index (χ3n) is 6.47. The highest BCUT2D eigenvalue weighted by atomic mass is 15.0. The van der Waals surface area contributed by atoms with E-state index in [1.54, 1.807) is 0 Å². The maximum absolute atomic E-state index is 3.65. The lowest BCUT2D eigenvalue weighted by atomic mass is 10.1. The SMILES string of the molecule is CCn1c2ccccc2c2ccc(Nc3ccc4c5ccccc5n(CC)c4c3)cc21. The largest absolute Gasteiger partial charge is 0.355 e. The number of hydrogen-bond acceptors (Lipinski definition) is 1. The molecule has 2 aromatic heterocycles. The van der Waals surface area contributed by atoms with Crippen molar-refractivity contribution in [2.75, 3.05) is 5.32 Å². The van der Waals surface area contributed by atoms with E-state index in [1.165, 1.54) is 43.6 Å². The van der Waals surface area contributed by atoms with Crippen molar-refractivity contribution >= 4 is 55.0 Å². The second-order valence-corrected chi connectivity index (χ2v) is 8.11. The van der Waals surface area contributed by atoms with E-state index in [4.69, 9.17) is 0 Å². The van der Waals surface area contributed by atoms with E-state index in [0.29, 0.717) is 0 Å². The van der Waals surface area contributed by atoms with E-state index in [-0.39, 0.29) is 0 Å². The van der Waals surface area contributed by atoms with Gasteiger partial charge in [0.2, 0.25) is 0 Å². The lowest BCUT2D eigenvalue weighted by Gasteiger charge is -2.10. The normalized spacial score (nSPS) is 11.8. The highest BCUT2D eigenvalue weighted by Gasteiger charge is 2.12. The Kier molecular flexibility index (Phi) is 4.03. The second-order valence-electron chi connectivity index (χ2n) is 8.11. The molecule has 3 heteroatoms. The van der Waals surface area contributed by atoms with Crippen molar-refractivity contribution in [3.8, 4) is 0 Å². The number of benzene rings is 4. The van der Waals surface area contributed by atoms with Crippen molar-refractivity contribution in [3.05, 3.63) is 84.9 Å². The molecule has 0 bridgehead atoms. The molecule has 0 saturated carbocycles. The van der Waals surface area contributed by atoms with Gasteiger partial charge in [-0.3, -0.25) is 0 Å². The molecule has 3 nitrogen and oxygen atoms in total. The fourth-order valence-corrected chi connectivity index (χ4v) is 5.10. The minimum atomic E-state index is 0.954. The molecule has 0 atom stereocenters. The van der Waals surface area contributed by atoms with E-state index in [9.17, 15) is 0 Å². The summed E-state index contributed by atoms with van der Waals surface area (Å²) in [5.74, 6) is 0. The quantitative estimate of drug-likeness (QED) is 0.320. The molecule has 0 aliphatic heterocycles. The van der Waals surface area contributed by atoms with Crippen LogP contribution in [0, 0.1) is 0 Å². The first kappa shape index (κ1) is 18.1. The van der Waals surface area contributed by atoms with Crippen LogP contribution in [0.2, 0.25) is 0 Å². The van der Waals surface area contributed by atoms with Crippen LogP contribution in [0.5, 0.6) is 0 Å². The first-order valence-corrected chi connectivity index (χ1v) is 11.1. The van der Waals surface area contributed by atoms with Gasteiger partial charge in [-0.2, -0.15) is 0 Å². The minimum Gasteiger partial charge on any atom is -0.355 e. The molecule has 0 spiro atoms. The van der Waals surface area contributed by atoms with Crippen LogP contribution in [0.15, 0.2) is 84.9 Å². The lowest BCUT2D eigenvalue weighted by Crippen LogP contribution is -1.96. The van der Waals surface area contributed by atoms with Crippen LogP contribution in [0.4, 0.5) is 11.4 Å². The van der Waals surface area contributed by atoms with Crippen LogP contribution in [-0.2, 0) is 13.1 Å². The smallest absolute Gasteiger partial charge is 0.0512 e. The molecule has 0 fully saturated rings. The van der Waals surface area contributed by atoms with Crippen molar-refractivity contribution in [3.63, 3.8) is 0 Å². The number of nitrogens with zero attached hydrogens (tertiary/aromatic N) is 2. The highest BCUT2D eigenvalue weighted by molar-refractivity contribution is 6.10. The number of aromatic nitrogens is 2. The van der Waals surface area contributed by atoms with E-state index < -0.39 is 0 Å². The average Bonchev–Trinajstić information content (AvgIpc) is 3.30. The van der Waals surface area contributed by atoms with Gasteiger partial charge in [0.1, 0.15) is 0 Å². The number of nitrogens with one attached hydrogen (secondary N) is 1. The van der Waals surface area contributed by atoms with Gasteiger partial charge in [-0.05, 0) is 50.2 Å². The molecular formula is C28H25N3. The summed E-state index contributed by atoms with van der Waals surface area (Å²) in [7, 11) is 0. The van der Waals surface area contributed by atoms with E-state index in [2.05, 4.69) is 113 Å². The predicted molar refractivity (Wildman–Crippen MR) is 134 cm³/mol. The van der Waals surface area contributed by atoms with Crippen LogP contribution in [0.1, 0.15) is 13.8 Å². The van der Waals surface area contributed by atoms with Gasteiger partial charge in [-0.25, -0.2) is 0 Å². The van der Waals surface area contributed by atoms with Crippen molar-refractivity contribution in [1.29, 1.82) is 0 Å². The van der Waals surface area contributed by atoms with Crippen molar-refractivity contribution < 1.29 is 0 Å². The number of para-hydroxylation sites is 2. The van der Waals surface area contributed by atoms with Crippen LogP contribution in [0.3, 0.4) is 0 Å². The summed E-state index contributed by atoms with van der Waals surface area (Å²) in [6.07, 6.45) is 0. The standard InChI is InChI=1S/C28H25N3/c1-3-30-25-11-7-5-9-21(25)23-15-13-19(17-27(23)30)29-20-14-16-24-22-10-6-8-12-26(22)31(4-2)28(24)18-20/h5-18,29H,3-4H2,1-2H3. The summed E-state index contributed by atoms with van der Waals surface area (Å²) >= 11 is 0. The summed E-state index contributed by atoms with van der Waals surface area (Å²) < 4.78 is 4.79. The maximum Gasteiger partial charge on any atom is 0.0512 e. The fourth-order valence-electron chi connectivity index (χ4n) is 5.10. The van der Waals surface area contributed by atoms with Gasteiger partial charge in [-0.1, -0.05) is 48.5 Å². The Balaban J connectivity index is 1.47. The lowest BCUT2D eigenvalue weighted by molar-refractivity contribution is 0.827. The Morgan fingerprint density at radius 3 is 1.39 bits per heavy atom. The topological polar surface area (TPSA) is 21.9 Å². The summed E-state index contributed by atoms with van der Waals surface area (Å²) in [6, 6.07) is 30.8. The molecule has 1 N–H and O–H groups in total. The number of fused-ring (bicyclic) bond motifs is 6. The zero-order valence-corrected chi connectivity index (χ0v) is 17.9. The summed E-state index contributed by atoms with van der Waals surface area (Å²) in [4.78, 5) is 0. The van der Waals surface area contributed by atoms with Crippen molar-refractivity contribution in [2.45, 2.75) is 26.9 Å². The van der Waals surface area contributed by atoms with Crippen molar-refractivity contribution in [2.24, 2.45) is 0 Å². The molecule has 4 aromatic carbocycles. The maximum atomic E-state index is 3.65. The Bertz CT molecular complexity index is 1460.